The van der Waals surface area contributed by atoms with Gasteiger partial charge in [0.1, 0.15) is 5.82 Å². The minimum Gasteiger partial charge on any atom is -0.383 e. The molecule has 0 spiro atoms. The third-order valence-electron chi connectivity index (χ3n) is 6.27. The van der Waals surface area contributed by atoms with Crippen LogP contribution in [0.25, 0.3) is 0 Å². The predicted octanol–water partition coefficient (Wildman–Crippen LogP) is 2.51. The molecule has 178 valence electrons. The Labute approximate surface area is 198 Å². The Balaban J connectivity index is 1.67. The highest BCUT2D eigenvalue weighted by molar-refractivity contribution is 5.96. The van der Waals surface area contributed by atoms with Crippen molar-refractivity contribution in [1.29, 1.82) is 0 Å². The second kappa shape index (κ2) is 10.5. The van der Waals surface area contributed by atoms with Crippen molar-refractivity contribution in [1.82, 2.24) is 14.5 Å². The number of fused-ring (bicyclic) bond motifs is 1. The number of hydrogen-bond donors (Lipinski definition) is 2. The molecule has 2 heterocycles. The maximum atomic E-state index is 13.6. The Hall–Kier alpha value is -3.65. The number of rotatable bonds is 8. The molecule has 0 aliphatic carbocycles. The van der Waals surface area contributed by atoms with E-state index in [4.69, 9.17) is 5.73 Å². The van der Waals surface area contributed by atoms with Crippen LogP contribution < -0.4 is 21.9 Å². The molecule has 0 saturated carbocycles. The van der Waals surface area contributed by atoms with Gasteiger partial charge >= 0.3 is 5.69 Å². The molecule has 8 heteroatoms. The van der Waals surface area contributed by atoms with Gasteiger partial charge in [0.2, 0.25) is 5.91 Å². The van der Waals surface area contributed by atoms with E-state index in [0.717, 1.165) is 31.4 Å². The second-order valence-corrected chi connectivity index (χ2v) is 8.69. The molecule has 0 saturated heterocycles. The van der Waals surface area contributed by atoms with Gasteiger partial charge in [0, 0.05) is 19.6 Å². The molecule has 1 amide bonds. The Morgan fingerprint density at radius 2 is 1.76 bits per heavy atom. The number of hydrogen-bond acceptors (Lipinski definition) is 5. The number of H-pyrrole nitrogens is 1. The van der Waals surface area contributed by atoms with Crippen LogP contribution in [0.5, 0.6) is 0 Å². The van der Waals surface area contributed by atoms with Crippen LogP contribution >= 0.6 is 0 Å². The minimum atomic E-state index is -0.650. The highest BCUT2D eigenvalue weighted by atomic mass is 16.2. The molecule has 0 unspecified atom stereocenters. The summed E-state index contributed by atoms with van der Waals surface area (Å²) in [7, 11) is 0. The van der Waals surface area contributed by atoms with E-state index >= 15 is 0 Å². The lowest BCUT2D eigenvalue weighted by molar-refractivity contribution is -0.120. The standard InChI is InChI=1S/C26H31N5O3/c1-2-3-14-30-24(27)23(25(33)28-26(30)34)31(16-19-9-5-4-6-10-19)22(32)18-29-15-13-20-11-7-8-12-21(20)17-29/h4-12H,2-3,13-18,27H2,1H3,(H,28,33,34). The van der Waals surface area contributed by atoms with Crippen molar-refractivity contribution in [2.24, 2.45) is 0 Å². The Morgan fingerprint density at radius 3 is 2.50 bits per heavy atom. The van der Waals surface area contributed by atoms with Gasteiger partial charge < -0.3 is 5.73 Å². The number of aromatic amines is 1. The van der Waals surface area contributed by atoms with E-state index in [0.29, 0.717) is 13.1 Å². The van der Waals surface area contributed by atoms with E-state index in [2.05, 4.69) is 22.0 Å². The van der Waals surface area contributed by atoms with Crippen LogP contribution in [0.1, 0.15) is 36.5 Å². The largest absolute Gasteiger partial charge is 0.383 e. The predicted molar refractivity (Wildman–Crippen MR) is 134 cm³/mol. The SMILES string of the molecule is CCCCn1c(N)c(N(Cc2ccccc2)C(=O)CN2CCc3ccccc3C2)c(=O)[nH]c1=O. The minimum absolute atomic E-state index is 0.0236. The molecule has 4 rings (SSSR count). The van der Waals surface area contributed by atoms with Crippen LogP contribution in [0.3, 0.4) is 0 Å². The summed E-state index contributed by atoms with van der Waals surface area (Å²) in [5.74, 6) is -0.211. The van der Waals surface area contributed by atoms with E-state index in [1.807, 2.05) is 49.4 Å². The number of amides is 1. The summed E-state index contributed by atoms with van der Waals surface area (Å²) in [6.07, 6.45) is 2.46. The lowest BCUT2D eigenvalue weighted by Gasteiger charge is -2.31. The lowest BCUT2D eigenvalue weighted by Crippen LogP contribution is -2.45. The van der Waals surface area contributed by atoms with Gasteiger partial charge in [-0.2, -0.15) is 0 Å². The first-order chi connectivity index (χ1) is 16.5. The topological polar surface area (TPSA) is 104 Å². The smallest absolute Gasteiger partial charge is 0.330 e. The molecule has 0 atom stereocenters. The van der Waals surface area contributed by atoms with Crippen molar-refractivity contribution in [2.45, 2.75) is 45.8 Å². The van der Waals surface area contributed by atoms with Crippen molar-refractivity contribution in [3.63, 3.8) is 0 Å². The second-order valence-electron chi connectivity index (χ2n) is 8.69. The zero-order valence-electron chi connectivity index (χ0n) is 19.5. The fourth-order valence-corrected chi connectivity index (χ4v) is 4.40. The highest BCUT2D eigenvalue weighted by Crippen LogP contribution is 2.22. The third kappa shape index (κ3) is 5.12. The van der Waals surface area contributed by atoms with Crippen LogP contribution in [0.4, 0.5) is 11.5 Å². The van der Waals surface area contributed by atoms with Gasteiger partial charge in [0.25, 0.3) is 5.56 Å². The molecule has 1 aliphatic rings. The quantitative estimate of drug-likeness (QED) is 0.536. The first-order valence-corrected chi connectivity index (χ1v) is 11.7. The van der Waals surface area contributed by atoms with E-state index < -0.39 is 11.2 Å². The molecule has 2 aromatic carbocycles. The van der Waals surface area contributed by atoms with Crippen molar-refractivity contribution in [3.05, 3.63) is 92.1 Å². The fourth-order valence-electron chi connectivity index (χ4n) is 4.40. The number of nitrogens with one attached hydrogen (secondary N) is 1. The number of nitrogens with zero attached hydrogens (tertiary/aromatic N) is 3. The number of carbonyl (C=O) groups excluding carboxylic acids is 1. The van der Waals surface area contributed by atoms with Crippen LogP contribution in [0.2, 0.25) is 0 Å². The summed E-state index contributed by atoms with van der Waals surface area (Å²) in [4.78, 5) is 44.8. The number of benzene rings is 2. The molecule has 8 nitrogen and oxygen atoms in total. The molecule has 3 N–H and O–H groups in total. The third-order valence-corrected chi connectivity index (χ3v) is 6.27. The van der Waals surface area contributed by atoms with Crippen molar-refractivity contribution in [3.8, 4) is 0 Å². The monoisotopic (exact) mass is 461 g/mol. The van der Waals surface area contributed by atoms with Gasteiger partial charge in [-0.25, -0.2) is 4.79 Å². The zero-order chi connectivity index (χ0) is 24.1. The van der Waals surface area contributed by atoms with Crippen molar-refractivity contribution in [2.75, 3.05) is 23.7 Å². The Kier molecular flexibility index (Phi) is 7.27. The van der Waals surface area contributed by atoms with Gasteiger partial charge in [-0.15, -0.1) is 0 Å². The Morgan fingerprint density at radius 1 is 1.06 bits per heavy atom. The number of aromatic nitrogens is 2. The van der Waals surface area contributed by atoms with Gasteiger partial charge in [-0.05, 0) is 29.5 Å². The van der Waals surface area contributed by atoms with Gasteiger partial charge in [0.15, 0.2) is 5.69 Å². The maximum absolute atomic E-state index is 13.6. The molecule has 1 aromatic heterocycles. The van der Waals surface area contributed by atoms with Gasteiger partial charge in [-0.3, -0.25) is 28.9 Å². The zero-order valence-corrected chi connectivity index (χ0v) is 19.5. The van der Waals surface area contributed by atoms with E-state index in [-0.39, 0.29) is 30.5 Å². The summed E-state index contributed by atoms with van der Waals surface area (Å²) in [5.41, 5.74) is 8.55. The molecule has 0 bridgehead atoms. The first kappa shape index (κ1) is 23.5. The number of anilines is 2. The Bertz CT molecular complexity index is 1270. The maximum Gasteiger partial charge on any atom is 0.330 e. The number of carbonyl (C=O) groups is 1. The van der Waals surface area contributed by atoms with Crippen molar-refractivity contribution >= 4 is 17.4 Å². The van der Waals surface area contributed by atoms with Crippen molar-refractivity contribution < 1.29 is 4.79 Å². The van der Waals surface area contributed by atoms with E-state index in [1.165, 1.54) is 20.6 Å². The summed E-state index contributed by atoms with van der Waals surface area (Å²) in [5, 5.41) is 0. The van der Waals surface area contributed by atoms with Crippen LogP contribution in [-0.4, -0.2) is 33.4 Å². The molecular formula is C26H31N5O3. The van der Waals surface area contributed by atoms with Gasteiger partial charge in [-0.1, -0.05) is 67.9 Å². The highest BCUT2D eigenvalue weighted by Gasteiger charge is 2.27. The molecular weight excluding hydrogens is 430 g/mol. The number of nitrogen functional groups attached to an aromatic ring is 1. The van der Waals surface area contributed by atoms with Crippen LogP contribution in [0.15, 0.2) is 64.2 Å². The van der Waals surface area contributed by atoms with Crippen LogP contribution in [0, 0.1) is 0 Å². The summed E-state index contributed by atoms with van der Waals surface area (Å²) in [6.45, 7) is 4.14. The first-order valence-electron chi connectivity index (χ1n) is 11.7. The summed E-state index contributed by atoms with van der Waals surface area (Å²) in [6, 6.07) is 17.7. The molecule has 0 fully saturated rings. The van der Waals surface area contributed by atoms with E-state index in [1.54, 1.807) is 0 Å². The molecule has 1 aliphatic heterocycles. The van der Waals surface area contributed by atoms with Crippen LogP contribution in [-0.2, 0) is 30.8 Å². The number of nitrogens with two attached hydrogens (primary N) is 1. The molecule has 3 aromatic rings. The lowest BCUT2D eigenvalue weighted by atomic mass is 10.00. The molecule has 0 radical (unpaired) electrons. The van der Waals surface area contributed by atoms with E-state index in [9.17, 15) is 14.4 Å². The fraction of sp³-hybridized carbons (Fsp3) is 0.346. The summed E-state index contributed by atoms with van der Waals surface area (Å²) < 4.78 is 1.35. The summed E-state index contributed by atoms with van der Waals surface area (Å²) >= 11 is 0. The average Bonchev–Trinajstić information content (AvgIpc) is 2.83. The molecule has 34 heavy (non-hydrogen) atoms. The number of unbranched alkanes of at least 4 members (excludes halogenated alkanes) is 1. The average molecular weight is 462 g/mol. The normalized spacial score (nSPS) is 13.4. The van der Waals surface area contributed by atoms with Gasteiger partial charge in [0.05, 0.1) is 13.1 Å².